The Morgan fingerprint density at radius 2 is 1.85 bits per heavy atom. The minimum atomic E-state index is -4.94. The molecule has 20 heavy (non-hydrogen) atoms. The van der Waals surface area contributed by atoms with Crippen LogP contribution in [-0.4, -0.2) is 35.9 Å². The summed E-state index contributed by atoms with van der Waals surface area (Å²) in [6.07, 6.45) is -4.94. The van der Waals surface area contributed by atoms with E-state index in [1.807, 2.05) is 5.32 Å². The van der Waals surface area contributed by atoms with Crippen LogP contribution < -0.4 is 10.1 Å². The van der Waals surface area contributed by atoms with Crippen LogP contribution in [0, 0.1) is 5.82 Å². The van der Waals surface area contributed by atoms with Gasteiger partial charge in [-0.1, -0.05) is 0 Å². The summed E-state index contributed by atoms with van der Waals surface area (Å²) in [5.74, 6) is -2.21. The van der Waals surface area contributed by atoms with Crippen molar-refractivity contribution in [2.24, 2.45) is 0 Å². The zero-order chi connectivity index (χ0) is 15.4. The van der Waals surface area contributed by atoms with Gasteiger partial charge in [0.1, 0.15) is 18.2 Å². The number of aliphatic carboxylic acids is 1. The molecule has 0 aliphatic rings. The zero-order valence-electron chi connectivity index (χ0n) is 10.5. The summed E-state index contributed by atoms with van der Waals surface area (Å²) in [6.45, 7) is 0.0114. The SMILES string of the molecule is CC(NCCOc1ccc(F)cc1)(C(=O)O)C(F)(F)F. The van der Waals surface area contributed by atoms with Gasteiger partial charge in [0.25, 0.3) is 0 Å². The van der Waals surface area contributed by atoms with E-state index in [9.17, 15) is 22.4 Å². The number of alkyl halides is 3. The van der Waals surface area contributed by atoms with E-state index < -0.39 is 23.5 Å². The molecule has 0 spiro atoms. The topological polar surface area (TPSA) is 58.6 Å². The van der Waals surface area contributed by atoms with Crippen LogP contribution in [0.1, 0.15) is 6.92 Å². The molecule has 1 aromatic rings. The molecule has 0 aliphatic heterocycles. The van der Waals surface area contributed by atoms with Gasteiger partial charge >= 0.3 is 12.1 Å². The number of nitrogens with one attached hydrogen (secondary N) is 1. The molecule has 1 unspecified atom stereocenters. The molecule has 8 heteroatoms. The first-order chi connectivity index (χ1) is 9.17. The van der Waals surface area contributed by atoms with Crippen LogP contribution in [0.15, 0.2) is 24.3 Å². The van der Waals surface area contributed by atoms with E-state index in [0.717, 1.165) is 12.1 Å². The van der Waals surface area contributed by atoms with Crippen LogP contribution in [0.4, 0.5) is 17.6 Å². The molecule has 1 aromatic carbocycles. The predicted octanol–water partition coefficient (Wildman–Crippen LogP) is 2.20. The largest absolute Gasteiger partial charge is 0.492 e. The minimum absolute atomic E-state index is 0.190. The van der Waals surface area contributed by atoms with E-state index in [2.05, 4.69) is 0 Å². The van der Waals surface area contributed by atoms with Crippen molar-refractivity contribution < 1.29 is 32.2 Å². The fraction of sp³-hybridized carbons (Fsp3) is 0.417. The van der Waals surface area contributed by atoms with E-state index in [0.29, 0.717) is 6.92 Å². The highest BCUT2D eigenvalue weighted by molar-refractivity contribution is 5.79. The Morgan fingerprint density at radius 3 is 2.30 bits per heavy atom. The molecule has 0 aromatic heterocycles. The van der Waals surface area contributed by atoms with Crippen LogP contribution in [0.3, 0.4) is 0 Å². The highest BCUT2D eigenvalue weighted by Crippen LogP contribution is 2.30. The number of carbonyl (C=O) groups is 1. The van der Waals surface area contributed by atoms with Crippen molar-refractivity contribution in [2.45, 2.75) is 18.6 Å². The molecule has 0 heterocycles. The fourth-order valence-corrected chi connectivity index (χ4v) is 1.30. The van der Waals surface area contributed by atoms with Crippen molar-refractivity contribution >= 4 is 5.97 Å². The van der Waals surface area contributed by atoms with E-state index in [1.165, 1.54) is 12.1 Å². The lowest BCUT2D eigenvalue weighted by Gasteiger charge is -2.28. The van der Waals surface area contributed by atoms with E-state index in [4.69, 9.17) is 9.84 Å². The monoisotopic (exact) mass is 295 g/mol. The number of rotatable bonds is 6. The molecule has 4 nitrogen and oxygen atoms in total. The quantitative estimate of drug-likeness (QED) is 0.624. The number of carboxylic acid groups (broad SMARTS) is 1. The van der Waals surface area contributed by atoms with Gasteiger partial charge in [-0.3, -0.25) is 5.32 Å². The van der Waals surface area contributed by atoms with Crippen LogP contribution in [0.5, 0.6) is 5.75 Å². The molecule has 0 fully saturated rings. The third-order valence-electron chi connectivity index (χ3n) is 2.66. The van der Waals surface area contributed by atoms with Gasteiger partial charge in [0.15, 0.2) is 0 Å². The predicted molar refractivity (Wildman–Crippen MR) is 62.0 cm³/mol. The highest BCUT2D eigenvalue weighted by atomic mass is 19.4. The Kier molecular flexibility index (Phi) is 4.93. The molecular weight excluding hydrogens is 282 g/mol. The Morgan fingerprint density at radius 1 is 1.30 bits per heavy atom. The van der Waals surface area contributed by atoms with Gasteiger partial charge in [-0.05, 0) is 31.2 Å². The molecule has 0 saturated heterocycles. The summed E-state index contributed by atoms with van der Waals surface area (Å²) in [4.78, 5) is 10.7. The molecule has 0 amide bonds. The number of carboxylic acids is 1. The van der Waals surface area contributed by atoms with Gasteiger partial charge in [-0.15, -0.1) is 0 Å². The van der Waals surface area contributed by atoms with Gasteiger partial charge < -0.3 is 9.84 Å². The normalized spacial score (nSPS) is 14.7. The lowest BCUT2D eigenvalue weighted by atomic mass is 10.0. The van der Waals surface area contributed by atoms with Crippen molar-refractivity contribution in [1.29, 1.82) is 0 Å². The van der Waals surface area contributed by atoms with E-state index in [-0.39, 0.29) is 18.9 Å². The second-order valence-electron chi connectivity index (χ2n) is 4.16. The molecule has 0 bridgehead atoms. The van der Waals surface area contributed by atoms with Gasteiger partial charge in [-0.2, -0.15) is 13.2 Å². The first kappa shape index (κ1) is 16.2. The first-order valence-electron chi connectivity index (χ1n) is 5.60. The third-order valence-corrected chi connectivity index (χ3v) is 2.66. The second kappa shape index (κ2) is 6.08. The van der Waals surface area contributed by atoms with E-state index >= 15 is 0 Å². The summed E-state index contributed by atoms with van der Waals surface area (Å²) < 4.78 is 55.5. The van der Waals surface area contributed by atoms with Crippen LogP contribution in [0.25, 0.3) is 0 Å². The number of hydrogen-bond donors (Lipinski definition) is 2. The summed E-state index contributed by atoms with van der Waals surface area (Å²) in [6, 6.07) is 4.91. The molecule has 1 rings (SSSR count). The fourth-order valence-electron chi connectivity index (χ4n) is 1.30. The summed E-state index contributed by atoms with van der Waals surface area (Å²) in [5, 5.41) is 10.5. The minimum Gasteiger partial charge on any atom is -0.492 e. The summed E-state index contributed by atoms with van der Waals surface area (Å²) in [5.41, 5.74) is -3.04. The van der Waals surface area contributed by atoms with Gasteiger partial charge in [0.05, 0.1) is 0 Å². The summed E-state index contributed by atoms with van der Waals surface area (Å²) in [7, 11) is 0. The molecule has 0 saturated carbocycles. The van der Waals surface area contributed by atoms with Gasteiger partial charge in [0, 0.05) is 6.54 Å². The van der Waals surface area contributed by atoms with Gasteiger partial charge in [-0.25, -0.2) is 9.18 Å². The molecule has 2 N–H and O–H groups in total. The maximum atomic E-state index is 12.6. The Hall–Kier alpha value is -1.83. The Labute approximate surface area is 112 Å². The molecule has 0 radical (unpaired) electrons. The van der Waals surface area contributed by atoms with Crippen LogP contribution >= 0.6 is 0 Å². The van der Waals surface area contributed by atoms with Crippen molar-refractivity contribution in [3.8, 4) is 5.75 Å². The lowest BCUT2D eigenvalue weighted by molar-refractivity contribution is -0.206. The lowest BCUT2D eigenvalue weighted by Crippen LogP contribution is -2.60. The molecule has 1 atom stereocenters. The van der Waals surface area contributed by atoms with E-state index in [1.54, 1.807) is 0 Å². The third kappa shape index (κ3) is 3.83. The highest BCUT2D eigenvalue weighted by Gasteiger charge is 2.57. The van der Waals surface area contributed by atoms with Crippen molar-refractivity contribution in [3.05, 3.63) is 30.1 Å². The standard InChI is InChI=1S/C12H13F4NO3/c1-11(10(18)19,12(14,15)16)17-6-7-20-9-4-2-8(13)3-5-9/h2-5,17H,6-7H2,1H3,(H,18,19). The van der Waals surface area contributed by atoms with Crippen LogP contribution in [0.2, 0.25) is 0 Å². The Bertz CT molecular complexity index is 461. The molecular formula is C12H13F4NO3. The zero-order valence-corrected chi connectivity index (χ0v) is 10.5. The maximum absolute atomic E-state index is 12.6. The van der Waals surface area contributed by atoms with Crippen LogP contribution in [-0.2, 0) is 4.79 Å². The number of hydrogen-bond acceptors (Lipinski definition) is 3. The average molecular weight is 295 g/mol. The maximum Gasteiger partial charge on any atom is 0.417 e. The second-order valence-corrected chi connectivity index (χ2v) is 4.16. The number of halogens is 4. The average Bonchev–Trinajstić information content (AvgIpc) is 2.34. The smallest absolute Gasteiger partial charge is 0.417 e. The van der Waals surface area contributed by atoms with Crippen molar-refractivity contribution in [1.82, 2.24) is 5.32 Å². The number of ether oxygens (including phenoxy) is 1. The number of benzene rings is 1. The van der Waals surface area contributed by atoms with Crippen molar-refractivity contribution in [2.75, 3.05) is 13.2 Å². The molecule has 0 aliphatic carbocycles. The van der Waals surface area contributed by atoms with Gasteiger partial charge in [0.2, 0.25) is 5.54 Å². The Balaban J connectivity index is 2.50. The summed E-state index contributed by atoms with van der Waals surface area (Å²) >= 11 is 0. The first-order valence-corrected chi connectivity index (χ1v) is 5.60. The van der Waals surface area contributed by atoms with Crippen molar-refractivity contribution in [3.63, 3.8) is 0 Å². The molecule has 112 valence electrons.